The fourth-order valence-corrected chi connectivity index (χ4v) is 2.13. The maximum atomic E-state index is 11.7. The summed E-state index contributed by atoms with van der Waals surface area (Å²) in [6.07, 6.45) is -0.441. The summed E-state index contributed by atoms with van der Waals surface area (Å²) in [6.45, 7) is 3.58. The van der Waals surface area contributed by atoms with Gasteiger partial charge < -0.3 is 16.2 Å². The highest BCUT2D eigenvalue weighted by molar-refractivity contribution is 8.00. The summed E-state index contributed by atoms with van der Waals surface area (Å²) in [4.78, 5) is 11.7. The molecule has 0 spiro atoms. The van der Waals surface area contributed by atoms with Gasteiger partial charge in [-0.1, -0.05) is 18.5 Å². The van der Waals surface area contributed by atoms with Gasteiger partial charge in [0.05, 0.1) is 23.2 Å². The molecule has 100 valence electrons. The van der Waals surface area contributed by atoms with Crippen LogP contribution in [0.3, 0.4) is 0 Å². The number of nitrogens with one attached hydrogen (secondary N) is 1. The minimum atomic E-state index is -0.441. The van der Waals surface area contributed by atoms with Crippen LogP contribution < -0.4 is 11.1 Å². The number of benzene rings is 1. The number of anilines is 2. The standard InChI is InChI=1S/C12H17ClN2O2S/c1-7(16)8(2)18-6-12(17)15-11-4-3-9(13)5-10(11)14/h3-5,7-8,16H,6,14H2,1-2H3,(H,15,17). The number of halogens is 1. The molecule has 4 N–H and O–H groups in total. The average molecular weight is 289 g/mol. The van der Waals surface area contributed by atoms with Gasteiger partial charge in [-0.25, -0.2) is 0 Å². The van der Waals surface area contributed by atoms with Crippen molar-refractivity contribution in [3.63, 3.8) is 0 Å². The number of hydrogen-bond donors (Lipinski definition) is 3. The Kier molecular flexibility index (Phi) is 5.78. The molecule has 2 atom stereocenters. The molecule has 1 amide bonds. The van der Waals surface area contributed by atoms with E-state index in [1.165, 1.54) is 11.8 Å². The molecule has 0 fully saturated rings. The van der Waals surface area contributed by atoms with Crippen molar-refractivity contribution in [1.82, 2.24) is 0 Å². The number of thioether (sulfide) groups is 1. The van der Waals surface area contributed by atoms with E-state index in [0.29, 0.717) is 16.4 Å². The van der Waals surface area contributed by atoms with E-state index in [1.54, 1.807) is 25.1 Å². The van der Waals surface area contributed by atoms with Crippen LogP contribution in [0.25, 0.3) is 0 Å². The van der Waals surface area contributed by atoms with E-state index in [-0.39, 0.29) is 16.9 Å². The van der Waals surface area contributed by atoms with Crippen molar-refractivity contribution in [1.29, 1.82) is 0 Å². The highest BCUT2D eigenvalue weighted by Crippen LogP contribution is 2.23. The third-order valence-corrected chi connectivity index (χ3v) is 4.03. The van der Waals surface area contributed by atoms with Gasteiger partial charge in [0.25, 0.3) is 0 Å². The third kappa shape index (κ3) is 4.76. The van der Waals surface area contributed by atoms with E-state index in [9.17, 15) is 9.90 Å². The van der Waals surface area contributed by atoms with Gasteiger partial charge in [-0.15, -0.1) is 11.8 Å². The zero-order chi connectivity index (χ0) is 13.7. The third-order valence-electron chi connectivity index (χ3n) is 2.44. The second-order valence-electron chi connectivity index (χ2n) is 4.04. The Morgan fingerprint density at radius 3 is 2.78 bits per heavy atom. The lowest BCUT2D eigenvalue weighted by molar-refractivity contribution is -0.113. The second-order valence-corrected chi connectivity index (χ2v) is 5.84. The predicted molar refractivity (Wildman–Crippen MR) is 78.1 cm³/mol. The van der Waals surface area contributed by atoms with Crippen molar-refractivity contribution >= 4 is 40.6 Å². The number of aliphatic hydroxyl groups excluding tert-OH is 1. The van der Waals surface area contributed by atoms with Crippen LogP contribution in [0.15, 0.2) is 18.2 Å². The second kappa shape index (κ2) is 6.87. The van der Waals surface area contributed by atoms with Gasteiger partial charge >= 0.3 is 0 Å². The summed E-state index contributed by atoms with van der Waals surface area (Å²) in [5.41, 5.74) is 6.71. The lowest BCUT2D eigenvalue weighted by atomic mass is 10.2. The Morgan fingerprint density at radius 2 is 2.22 bits per heavy atom. The van der Waals surface area contributed by atoms with Gasteiger partial charge in [-0.2, -0.15) is 0 Å². The molecule has 1 aromatic carbocycles. The number of rotatable bonds is 5. The molecule has 0 aliphatic carbocycles. The van der Waals surface area contributed by atoms with E-state index < -0.39 is 6.10 Å². The van der Waals surface area contributed by atoms with Crippen LogP contribution in [-0.2, 0) is 4.79 Å². The molecule has 0 aliphatic heterocycles. The largest absolute Gasteiger partial charge is 0.397 e. The lowest BCUT2D eigenvalue weighted by Gasteiger charge is -2.14. The van der Waals surface area contributed by atoms with Gasteiger partial charge in [0.15, 0.2) is 0 Å². The summed E-state index contributed by atoms with van der Waals surface area (Å²) in [7, 11) is 0. The van der Waals surface area contributed by atoms with E-state index in [0.717, 1.165) is 0 Å². The Bertz CT molecular complexity index is 427. The number of amides is 1. The molecule has 0 bridgehead atoms. The van der Waals surface area contributed by atoms with Gasteiger partial charge in [0.2, 0.25) is 5.91 Å². The molecular formula is C12H17ClN2O2S. The van der Waals surface area contributed by atoms with Crippen LogP contribution in [0, 0.1) is 0 Å². The summed E-state index contributed by atoms with van der Waals surface area (Å²) < 4.78 is 0. The maximum absolute atomic E-state index is 11.7. The quantitative estimate of drug-likeness (QED) is 0.727. The molecule has 0 heterocycles. The molecule has 0 radical (unpaired) electrons. The van der Waals surface area contributed by atoms with Crippen molar-refractivity contribution in [2.75, 3.05) is 16.8 Å². The minimum Gasteiger partial charge on any atom is -0.397 e. The molecule has 6 heteroatoms. The van der Waals surface area contributed by atoms with Crippen molar-refractivity contribution < 1.29 is 9.90 Å². The first-order chi connectivity index (χ1) is 8.40. The highest BCUT2D eigenvalue weighted by Gasteiger charge is 2.12. The van der Waals surface area contributed by atoms with E-state index >= 15 is 0 Å². The number of carbonyl (C=O) groups excluding carboxylic acids is 1. The first-order valence-electron chi connectivity index (χ1n) is 5.54. The van der Waals surface area contributed by atoms with Crippen LogP contribution in [0.1, 0.15) is 13.8 Å². The molecule has 2 unspecified atom stereocenters. The van der Waals surface area contributed by atoms with E-state index in [4.69, 9.17) is 17.3 Å². The van der Waals surface area contributed by atoms with Crippen molar-refractivity contribution in [3.05, 3.63) is 23.2 Å². The molecule has 0 aromatic heterocycles. The number of nitrogen functional groups attached to an aromatic ring is 1. The van der Waals surface area contributed by atoms with Gasteiger partial charge in [0.1, 0.15) is 0 Å². The molecular weight excluding hydrogens is 272 g/mol. The predicted octanol–water partition coefficient (Wildman–Crippen LogP) is 2.36. The SMILES string of the molecule is CC(O)C(C)SCC(=O)Nc1ccc(Cl)cc1N. The van der Waals surface area contributed by atoms with Crippen molar-refractivity contribution in [2.24, 2.45) is 0 Å². The van der Waals surface area contributed by atoms with E-state index in [2.05, 4.69) is 5.32 Å². The first kappa shape index (κ1) is 15.1. The summed E-state index contributed by atoms with van der Waals surface area (Å²) in [5.74, 6) is 0.121. The van der Waals surface area contributed by atoms with Crippen LogP contribution in [0.5, 0.6) is 0 Å². The van der Waals surface area contributed by atoms with Crippen LogP contribution in [0.4, 0.5) is 11.4 Å². The van der Waals surface area contributed by atoms with Gasteiger partial charge in [-0.3, -0.25) is 4.79 Å². The smallest absolute Gasteiger partial charge is 0.234 e. The Hall–Kier alpha value is -0.910. The van der Waals surface area contributed by atoms with Crippen molar-refractivity contribution in [2.45, 2.75) is 25.2 Å². The van der Waals surface area contributed by atoms with Crippen molar-refractivity contribution in [3.8, 4) is 0 Å². The Balaban J connectivity index is 2.50. The molecule has 4 nitrogen and oxygen atoms in total. The summed E-state index contributed by atoms with van der Waals surface area (Å²) in [5, 5.41) is 12.6. The fourth-order valence-electron chi connectivity index (χ4n) is 1.18. The number of carbonyl (C=O) groups is 1. The zero-order valence-electron chi connectivity index (χ0n) is 10.3. The van der Waals surface area contributed by atoms with Crippen LogP contribution in [0.2, 0.25) is 5.02 Å². The normalized spacial score (nSPS) is 14.0. The number of hydrogen-bond acceptors (Lipinski definition) is 4. The summed E-state index contributed by atoms with van der Waals surface area (Å²) >= 11 is 7.16. The zero-order valence-corrected chi connectivity index (χ0v) is 11.9. The number of nitrogens with two attached hydrogens (primary N) is 1. The monoisotopic (exact) mass is 288 g/mol. The fraction of sp³-hybridized carbons (Fsp3) is 0.417. The lowest BCUT2D eigenvalue weighted by Crippen LogP contribution is -2.21. The Labute approximate surface area is 116 Å². The van der Waals surface area contributed by atoms with Crippen LogP contribution in [-0.4, -0.2) is 28.1 Å². The highest BCUT2D eigenvalue weighted by atomic mass is 35.5. The Morgan fingerprint density at radius 1 is 1.56 bits per heavy atom. The van der Waals surface area contributed by atoms with Gasteiger partial charge in [-0.05, 0) is 25.1 Å². The molecule has 18 heavy (non-hydrogen) atoms. The molecule has 1 aromatic rings. The summed E-state index contributed by atoms with van der Waals surface area (Å²) in [6, 6.07) is 4.92. The molecule has 0 saturated carbocycles. The first-order valence-corrected chi connectivity index (χ1v) is 6.97. The molecule has 1 rings (SSSR count). The molecule has 0 aliphatic rings. The van der Waals surface area contributed by atoms with Crippen LogP contribution >= 0.6 is 23.4 Å². The molecule has 0 saturated heterocycles. The average Bonchev–Trinajstić information content (AvgIpc) is 2.29. The minimum absolute atomic E-state index is 0.0123. The van der Waals surface area contributed by atoms with E-state index in [1.807, 2.05) is 6.92 Å². The topological polar surface area (TPSA) is 75.3 Å². The number of aliphatic hydroxyl groups is 1. The van der Waals surface area contributed by atoms with Gasteiger partial charge in [0, 0.05) is 10.3 Å². The maximum Gasteiger partial charge on any atom is 0.234 e.